The summed E-state index contributed by atoms with van der Waals surface area (Å²) in [6.07, 6.45) is 0.629. The van der Waals surface area contributed by atoms with E-state index in [4.69, 9.17) is 11.6 Å². The second kappa shape index (κ2) is 9.73. The van der Waals surface area contributed by atoms with E-state index >= 15 is 0 Å². The molecule has 0 saturated heterocycles. The number of rotatable bonds is 7. The lowest BCUT2D eigenvalue weighted by molar-refractivity contribution is -0.123. The molecule has 2 rings (SSSR count). The van der Waals surface area contributed by atoms with E-state index in [1.807, 2.05) is 18.2 Å². The molecule has 0 aliphatic rings. The van der Waals surface area contributed by atoms with Gasteiger partial charge in [0.1, 0.15) is 6.54 Å². The minimum atomic E-state index is -0.508. The third kappa shape index (κ3) is 6.11. The Labute approximate surface area is 163 Å². The van der Waals surface area contributed by atoms with E-state index in [9.17, 15) is 14.4 Å². The van der Waals surface area contributed by atoms with E-state index in [0.29, 0.717) is 29.2 Å². The van der Waals surface area contributed by atoms with Gasteiger partial charge in [-0.1, -0.05) is 29.8 Å². The summed E-state index contributed by atoms with van der Waals surface area (Å²) in [6, 6.07) is 13.8. The summed E-state index contributed by atoms with van der Waals surface area (Å²) in [5.41, 5.74) is 1.77. The third-order valence-corrected chi connectivity index (χ3v) is 4.12. The van der Waals surface area contributed by atoms with Crippen molar-refractivity contribution in [3.63, 3.8) is 0 Å². The number of esters is 1. The lowest BCUT2D eigenvalue weighted by Crippen LogP contribution is -2.40. The quantitative estimate of drug-likeness (QED) is 0.740. The van der Waals surface area contributed by atoms with Gasteiger partial charge in [0, 0.05) is 24.2 Å². The van der Waals surface area contributed by atoms with Crippen LogP contribution in [0.2, 0.25) is 5.02 Å². The Morgan fingerprint density at radius 1 is 1.11 bits per heavy atom. The van der Waals surface area contributed by atoms with Gasteiger partial charge in [0.2, 0.25) is 11.8 Å². The fourth-order valence-corrected chi connectivity index (χ4v) is 2.75. The van der Waals surface area contributed by atoms with Crippen LogP contribution in [0.1, 0.15) is 22.8 Å². The first-order chi connectivity index (χ1) is 12.9. The Hall–Kier alpha value is -2.86. The molecule has 0 bridgehead atoms. The molecule has 6 nitrogen and oxygen atoms in total. The Kier molecular flexibility index (Phi) is 7.37. The number of benzene rings is 2. The minimum absolute atomic E-state index is 0.143. The van der Waals surface area contributed by atoms with Crippen LogP contribution >= 0.6 is 11.6 Å². The third-order valence-electron chi connectivity index (χ3n) is 3.89. The lowest BCUT2D eigenvalue weighted by atomic mass is 10.1. The van der Waals surface area contributed by atoms with Gasteiger partial charge in [0.05, 0.1) is 12.7 Å². The van der Waals surface area contributed by atoms with Crippen LogP contribution in [0.5, 0.6) is 0 Å². The molecule has 0 aliphatic carbocycles. The molecule has 0 radical (unpaired) electrons. The molecule has 0 aromatic heterocycles. The van der Waals surface area contributed by atoms with Gasteiger partial charge in [0.25, 0.3) is 0 Å². The fraction of sp³-hybridized carbons (Fsp3) is 0.250. The smallest absolute Gasteiger partial charge is 0.337 e. The minimum Gasteiger partial charge on any atom is -0.465 e. The van der Waals surface area contributed by atoms with Crippen molar-refractivity contribution in [2.75, 3.05) is 25.1 Å². The molecule has 27 heavy (non-hydrogen) atoms. The number of methoxy groups -OCH3 is 1. The van der Waals surface area contributed by atoms with E-state index in [1.54, 1.807) is 24.3 Å². The standard InChI is InChI=1S/C20H21ClN2O4/c1-14(24)23(18-8-4-6-16(12-18)20(26)27-2)13-19(25)22-10-9-15-5-3-7-17(21)11-15/h3-8,11-12H,9-10,13H2,1-2H3,(H,22,25). The Bertz CT molecular complexity index is 838. The predicted molar refractivity (Wildman–Crippen MR) is 104 cm³/mol. The van der Waals surface area contributed by atoms with E-state index in [0.717, 1.165) is 5.56 Å². The molecule has 2 aromatic carbocycles. The van der Waals surface area contributed by atoms with Crippen molar-refractivity contribution in [3.05, 3.63) is 64.7 Å². The SMILES string of the molecule is COC(=O)c1cccc(N(CC(=O)NCCc2cccc(Cl)c2)C(C)=O)c1. The van der Waals surface area contributed by atoms with Crippen molar-refractivity contribution in [1.82, 2.24) is 5.32 Å². The Morgan fingerprint density at radius 2 is 1.85 bits per heavy atom. The first kappa shape index (κ1) is 20.5. The van der Waals surface area contributed by atoms with Crippen molar-refractivity contribution in [2.24, 2.45) is 0 Å². The normalized spacial score (nSPS) is 10.2. The molecule has 1 N–H and O–H groups in total. The average Bonchev–Trinajstić information content (AvgIpc) is 2.65. The molecule has 0 heterocycles. The summed E-state index contributed by atoms with van der Waals surface area (Å²) in [5, 5.41) is 3.43. The van der Waals surface area contributed by atoms with Gasteiger partial charge < -0.3 is 15.0 Å². The molecule has 0 atom stereocenters. The van der Waals surface area contributed by atoms with Crippen LogP contribution in [0.3, 0.4) is 0 Å². The van der Waals surface area contributed by atoms with Gasteiger partial charge in [-0.2, -0.15) is 0 Å². The number of ether oxygens (including phenoxy) is 1. The summed E-state index contributed by atoms with van der Waals surface area (Å²) in [5.74, 6) is -1.11. The summed E-state index contributed by atoms with van der Waals surface area (Å²) < 4.78 is 4.69. The first-order valence-corrected chi connectivity index (χ1v) is 8.76. The highest BCUT2D eigenvalue weighted by Gasteiger charge is 2.17. The van der Waals surface area contributed by atoms with Crippen LogP contribution in [0.4, 0.5) is 5.69 Å². The van der Waals surface area contributed by atoms with Crippen LogP contribution in [0.15, 0.2) is 48.5 Å². The summed E-state index contributed by atoms with van der Waals surface area (Å²) in [4.78, 5) is 37.2. The molecular weight excluding hydrogens is 368 g/mol. The van der Waals surface area contributed by atoms with Crippen LogP contribution < -0.4 is 10.2 Å². The Balaban J connectivity index is 1.98. The first-order valence-electron chi connectivity index (χ1n) is 8.38. The summed E-state index contributed by atoms with van der Waals surface area (Å²) >= 11 is 5.94. The van der Waals surface area contributed by atoms with Crippen molar-refractivity contribution in [3.8, 4) is 0 Å². The molecule has 0 spiro atoms. The van der Waals surface area contributed by atoms with E-state index in [-0.39, 0.29) is 18.4 Å². The molecule has 142 valence electrons. The van der Waals surface area contributed by atoms with E-state index < -0.39 is 5.97 Å². The molecule has 0 unspecified atom stereocenters. The second-order valence-electron chi connectivity index (χ2n) is 5.88. The zero-order valence-corrected chi connectivity index (χ0v) is 16.0. The fourth-order valence-electron chi connectivity index (χ4n) is 2.54. The zero-order chi connectivity index (χ0) is 19.8. The van der Waals surface area contributed by atoms with Gasteiger partial charge in [-0.05, 0) is 42.3 Å². The van der Waals surface area contributed by atoms with Gasteiger partial charge in [-0.15, -0.1) is 0 Å². The molecule has 2 aromatic rings. The number of hydrogen-bond acceptors (Lipinski definition) is 4. The second-order valence-corrected chi connectivity index (χ2v) is 6.31. The number of nitrogens with zero attached hydrogens (tertiary/aromatic N) is 1. The van der Waals surface area contributed by atoms with Crippen molar-refractivity contribution >= 4 is 35.1 Å². The lowest BCUT2D eigenvalue weighted by Gasteiger charge is -2.21. The van der Waals surface area contributed by atoms with Crippen LogP contribution in [0.25, 0.3) is 0 Å². The predicted octanol–water partition coefficient (Wildman–Crippen LogP) is 2.84. The van der Waals surface area contributed by atoms with Crippen molar-refractivity contribution in [1.29, 1.82) is 0 Å². The number of carbonyl (C=O) groups excluding carboxylic acids is 3. The van der Waals surface area contributed by atoms with Gasteiger partial charge >= 0.3 is 5.97 Å². The number of amides is 2. The monoisotopic (exact) mass is 388 g/mol. The molecule has 0 aliphatic heterocycles. The van der Waals surface area contributed by atoms with Gasteiger partial charge in [0.15, 0.2) is 0 Å². The maximum atomic E-state index is 12.2. The average molecular weight is 389 g/mol. The van der Waals surface area contributed by atoms with E-state index in [1.165, 1.54) is 25.0 Å². The van der Waals surface area contributed by atoms with Crippen LogP contribution in [0, 0.1) is 0 Å². The van der Waals surface area contributed by atoms with Gasteiger partial charge in [-0.25, -0.2) is 4.79 Å². The van der Waals surface area contributed by atoms with Crippen molar-refractivity contribution < 1.29 is 19.1 Å². The van der Waals surface area contributed by atoms with Crippen LogP contribution in [-0.4, -0.2) is 38.0 Å². The number of nitrogens with one attached hydrogen (secondary N) is 1. The molecule has 2 amide bonds. The topological polar surface area (TPSA) is 75.7 Å². The maximum Gasteiger partial charge on any atom is 0.337 e. The Morgan fingerprint density at radius 3 is 2.52 bits per heavy atom. The molecule has 0 fully saturated rings. The van der Waals surface area contributed by atoms with Crippen LogP contribution in [-0.2, 0) is 20.7 Å². The molecule has 0 saturated carbocycles. The largest absolute Gasteiger partial charge is 0.465 e. The summed E-state index contributed by atoms with van der Waals surface area (Å²) in [6.45, 7) is 1.65. The van der Waals surface area contributed by atoms with E-state index in [2.05, 4.69) is 10.1 Å². The number of hydrogen-bond donors (Lipinski definition) is 1. The highest BCUT2D eigenvalue weighted by molar-refractivity contribution is 6.30. The highest BCUT2D eigenvalue weighted by Crippen LogP contribution is 2.17. The molecular formula is C20H21ClN2O4. The number of carbonyl (C=O) groups is 3. The molecule has 7 heteroatoms. The van der Waals surface area contributed by atoms with Crippen molar-refractivity contribution in [2.45, 2.75) is 13.3 Å². The zero-order valence-electron chi connectivity index (χ0n) is 15.2. The highest BCUT2D eigenvalue weighted by atomic mass is 35.5. The number of halogens is 1. The maximum absolute atomic E-state index is 12.2. The number of anilines is 1. The summed E-state index contributed by atoms with van der Waals surface area (Å²) in [7, 11) is 1.28. The van der Waals surface area contributed by atoms with Gasteiger partial charge in [-0.3, -0.25) is 9.59 Å².